The summed E-state index contributed by atoms with van der Waals surface area (Å²) in [6.07, 6.45) is 2.64. The molecule has 23 heavy (non-hydrogen) atoms. The molecule has 0 bridgehead atoms. The first kappa shape index (κ1) is 16.7. The van der Waals surface area contributed by atoms with Gasteiger partial charge in [0, 0.05) is 12.6 Å². The van der Waals surface area contributed by atoms with Gasteiger partial charge in [-0.25, -0.2) is 4.79 Å². The Morgan fingerprint density at radius 1 is 1.22 bits per heavy atom. The number of aromatic nitrogens is 1. The third-order valence-electron chi connectivity index (χ3n) is 3.43. The second kappa shape index (κ2) is 8.08. The standard InChI is InChI=1S/C18H20N2O3/c1-13-4-3-5-14(10-13)6-7-17(21)20-12-16-11-15(8-9-19-16)18(22)23-2/h3-5,8-11H,6-7,12H2,1-2H3,(H,20,21). The Balaban J connectivity index is 1.83. The summed E-state index contributed by atoms with van der Waals surface area (Å²) in [5.41, 5.74) is 3.38. The van der Waals surface area contributed by atoms with Crippen LogP contribution in [0.3, 0.4) is 0 Å². The van der Waals surface area contributed by atoms with E-state index in [1.54, 1.807) is 12.1 Å². The highest BCUT2D eigenvalue weighted by atomic mass is 16.5. The van der Waals surface area contributed by atoms with Gasteiger partial charge in [-0.1, -0.05) is 29.8 Å². The quantitative estimate of drug-likeness (QED) is 0.832. The molecular weight excluding hydrogens is 292 g/mol. The summed E-state index contributed by atoms with van der Waals surface area (Å²) in [4.78, 5) is 27.5. The van der Waals surface area contributed by atoms with E-state index in [0.29, 0.717) is 24.1 Å². The number of aryl methyl sites for hydroxylation is 2. The van der Waals surface area contributed by atoms with E-state index in [1.807, 2.05) is 25.1 Å². The minimum atomic E-state index is -0.417. The molecule has 0 aliphatic carbocycles. The molecule has 0 radical (unpaired) electrons. The highest BCUT2D eigenvalue weighted by molar-refractivity contribution is 5.89. The number of hydrogen-bond acceptors (Lipinski definition) is 4. The van der Waals surface area contributed by atoms with Crippen LogP contribution in [0.2, 0.25) is 0 Å². The lowest BCUT2D eigenvalue weighted by molar-refractivity contribution is -0.121. The van der Waals surface area contributed by atoms with Crippen molar-refractivity contribution in [1.82, 2.24) is 10.3 Å². The maximum absolute atomic E-state index is 11.9. The van der Waals surface area contributed by atoms with Gasteiger partial charge in [0.15, 0.2) is 0 Å². The molecule has 2 rings (SSSR count). The number of methoxy groups -OCH3 is 1. The molecule has 1 heterocycles. The molecule has 0 atom stereocenters. The summed E-state index contributed by atoms with van der Waals surface area (Å²) < 4.78 is 4.66. The Hall–Kier alpha value is -2.69. The average molecular weight is 312 g/mol. The van der Waals surface area contributed by atoms with Gasteiger partial charge in [0.05, 0.1) is 24.9 Å². The number of carbonyl (C=O) groups excluding carboxylic acids is 2. The average Bonchev–Trinajstić information content (AvgIpc) is 2.57. The molecular formula is C18H20N2O3. The number of pyridine rings is 1. The molecule has 1 aromatic carbocycles. The fraction of sp³-hybridized carbons (Fsp3) is 0.278. The SMILES string of the molecule is COC(=O)c1ccnc(CNC(=O)CCc2cccc(C)c2)c1. The van der Waals surface area contributed by atoms with Crippen LogP contribution in [0.1, 0.15) is 33.6 Å². The first-order valence-corrected chi connectivity index (χ1v) is 7.44. The lowest BCUT2D eigenvalue weighted by atomic mass is 10.1. The molecule has 5 heteroatoms. The van der Waals surface area contributed by atoms with Crippen LogP contribution in [0.15, 0.2) is 42.6 Å². The summed E-state index contributed by atoms with van der Waals surface area (Å²) in [5.74, 6) is -0.462. The van der Waals surface area contributed by atoms with Gasteiger partial charge in [0.25, 0.3) is 0 Å². The normalized spacial score (nSPS) is 10.2. The third-order valence-corrected chi connectivity index (χ3v) is 3.43. The van der Waals surface area contributed by atoms with Gasteiger partial charge in [0.1, 0.15) is 0 Å². The first-order valence-electron chi connectivity index (χ1n) is 7.44. The molecule has 1 aromatic heterocycles. The van der Waals surface area contributed by atoms with Crippen LogP contribution in [0.4, 0.5) is 0 Å². The maximum Gasteiger partial charge on any atom is 0.337 e. The molecule has 5 nitrogen and oxygen atoms in total. The van der Waals surface area contributed by atoms with Crippen molar-refractivity contribution in [3.05, 3.63) is 65.0 Å². The Labute approximate surface area is 135 Å². The highest BCUT2D eigenvalue weighted by Gasteiger charge is 2.08. The van der Waals surface area contributed by atoms with E-state index in [9.17, 15) is 9.59 Å². The van der Waals surface area contributed by atoms with E-state index in [2.05, 4.69) is 21.1 Å². The van der Waals surface area contributed by atoms with Gasteiger partial charge in [-0.15, -0.1) is 0 Å². The van der Waals surface area contributed by atoms with Crippen LogP contribution in [0.5, 0.6) is 0 Å². The molecule has 120 valence electrons. The number of benzene rings is 1. The molecule has 0 aliphatic rings. The van der Waals surface area contributed by atoms with E-state index >= 15 is 0 Å². The number of rotatable bonds is 6. The largest absolute Gasteiger partial charge is 0.465 e. The Kier molecular flexibility index (Phi) is 5.86. The highest BCUT2D eigenvalue weighted by Crippen LogP contribution is 2.07. The van der Waals surface area contributed by atoms with Crippen molar-refractivity contribution in [1.29, 1.82) is 0 Å². The van der Waals surface area contributed by atoms with Crippen LogP contribution in [-0.4, -0.2) is 24.0 Å². The Morgan fingerprint density at radius 2 is 2.04 bits per heavy atom. The first-order chi connectivity index (χ1) is 11.1. The van der Waals surface area contributed by atoms with E-state index in [4.69, 9.17) is 0 Å². The second-order valence-corrected chi connectivity index (χ2v) is 5.29. The van der Waals surface area contributed by atoms with Crippen molar-refractivity contribution in [3.63, 3.8) is 0 Å². The lowest BCUT2D eigenvalue weighted by Crippen LogP contribution is -2.23. The van der Waals surface area contributed by atoms with Crippen molar-refractivity contribution >= 4 is 11.9 Å². The molecule has 0 unspecified atom stereocenters. The maximum atomic E-state index is 11.9. The van der Waals surface area contributed by atoms with E-state index in [0.717, 1.165) is 5.56 Å². The summed E-state index contributed by atoms with van der Waals surface area (Å²) >= 11 is 0. The van der Waals surface area contributed by atoms with Crippen LogP contribution < -0.4 is 5.32 Å². The number of amides is 1. The van der Waals surface area contributed by atoms with E-state index in [-0.39, 0.29) is 12.5 Å². The van der Waals surface area contributed by atoms with Crippen molar-refractivity contribution in [2.75, 3.05) is 7.11 Å². The van der Waals surface area contributed by atoms with Gasteiger partial charge in [-0.05, 0) is 31.0 Å². The predicted molar refractivity (Wildman–Crippen MR) is 86.9 cm³/mol. The van der Waals surface area contributed by atoms with Crippen LogP contribution >= 0.6 is 0 Å². The minimum absolute atomic E-state index is 0.0447. The van der Waals surface area contributed by atoms with E-state index < -0.39 is 5.97 Å². The molecule has 0 fully saturated rings. The molecule has 0 aliphatic heterocycles. The zero-order valence-corrected chi connectivity index (χ0v) is 13.3. The third kappa shape index (κ3) is 5.21. The van der Waals surface area contributed by atoms with Gasteiger partial charge in [-0.2, -0.15) is 0 Å². The van der Waals surface area contributed by atoms with E-state index in [1.165, 1.54) is 18.9 Å². The topological polar surface area (TPSA) is 68.3 Å². The monoisotopic (exact) mass is 312 g/mol. The van der Waals surface area contributed by atoms with Crippen LogP contribution in [0, 0.1) is 6.92 Å². The molecule has 2 aromatic rings. The van der Waals surface area contributed by atoms with Gasteiger partial charge < -0.3 is 10.1 Å². The van der Waals surface area contributed by atoms with Crippen molar-refractivity contribution in [2.45, 2.75) is 26.3 Å². The molecule has 1 N–H and O–H groups in total. The number of esters is 1. The number of carbonyl (C=O) groups is 2. The number of nitrogens with one attached hydrogen (secondary N) is 1. The number of ether oxygens (including phenoxy) is 1. The molecule has 0 saturated heterocycles. The fourth-order valence-corrected chi connectivity index (χ4v) is 2.22. The van der Waals surface area contributed by atoms with Crippen LogP contribution in [0.25, 0.3) is 0 Å². The summed E-state index contributed by atoms with van der Waals surface area (Å²) in [6.45, 7) is 2.32. The number of hydrogen-bond donors (Lipinski definition) is 1. The van der Waals surface area contributed by atoms with Gasteiger partial charge in [-0.3, -0.25) is 9.78 Å². The molecule has 0 spiro atoms. The predicted octanol–water partition coefficient (Wildman–Crippen LogP) is 2.43. The Morgan fingerprint density at radius 3 is 2.78 bits per heavy atom. The number of nitrogens with zero attached hydrogens (tertiary/aromatic N) is 1. The minimum Gasteiger partial charge on any atom is -0.465 e. The molecule has 0 saturated carbocycles. The van der Waals surface area contributed by atoms with Gasteiger partial charge >= 0.3 is 5.97 Å². The van der Waals surface area contributed by atoms with Gasteiger partial charge in [0.2, 0.25) is 5.91 Å². The molecule has 1 amide bonds. The summed E-state index contributed by atoms with van der Waals surface area (Å²) in [7, 11) is 1.33. The van der Waals surface area contributed by atoms with Crippen molar-refractivity contribution < 1.29 is 14.3 Å². The summed E-state index contributed by atoms with van der Waals surface area (Å²) in [5, 5.41) is 2.81. The fourth-order valence-electron chi connectivity index (χ4n) is 2.22. The van der Waals surface area contributed by atoms with Crippen molar-refractivity contribution in [3.8, 4) is 0 Å². The lowest BCUT2D eigenvalue weighted by Gasteiger charge is -2.06. The Bertz CT molecular complexity index is 698. The second-order valence-electron chi connectivity index (χ2n) is 5.29. The summed E-state index contributed by atoms with van der Waals surface area (Å²) in [6, 6.07) is 11.3. The van der Waals surface area contributed by atoms with Crippen molar-refractivity contribution in [2.24, 2.45) is 0 Å². The zero-order valence-electron chi connectivity index (χ0n) is 13.3. The zero-order chi connectivity index (χ0) is 16.7. The smallest absolute Gasteiger partial charge is 0.337 e. The van der Waals surface area contributed by atoms with Crippen LogP contribution in [-0.2, 0) is 22.5 Å².